The van der Waals surface area contributed by atoms with Gasteiger partial charge in [-0.25, -0.2) is 0 Å². The number of carbonyl (C=O) groups is 2. The highest BCUT2D eigenvalue weighted by atomic mass is 16.2. The van der Waals surface area contributed by atoms with Crippen molar-refractivity contribution in [1.82, 2.24) is 0 Å². The first-order chi connectivity index (χ1) is 10.4. The lowest BCUT2D eigenvalue weighted by Gasteiger charge is -2.56. The zero-order valence-corrected chi connectivity index (χ0v) is 13.5. The largest absolute Gasteiger partial charge is 0.299 e. The van der Waals surface area contributed by atoms with Crippen molar-refractivity contribution >= 4 is 11.6 Å². The van der Waals surface area contributed by atoms with Crippen LogP contribution < -0.4 is 0 Å². The van der Waals surface area contributed by atoms with Gasteiger partial charge in [0.1, 0.15) is 5.78 Å². The fourth-order valence-corrected chi connectivity index (χ4v) is 5.98. The van der Waals surface area contributed by atoms with Gasteiger partial charge in [-0.2, -0.15) is 0 Å². The molecule has 2 nitrogen and oxygen atoms in total. The summed E-state index contributed by atoms with van der Waals surface area (Å²) in [7, 11) is 0. The fraction of sp³-hybridized carbons (Fsp3) is 0.600. The Morgan fingerprint density at radius 1 is 1.18 bits per heavy atom. The normalized spacial score (nSPS) is 46.9. The van der Waals surface area contributed by atoms with E-state index < -0.39 is 0 Å². The number of rotatable bonds is 0. The molecule has 0 aromatic heterocycles. The summed E-state index contributed by atoms with van der Waals surface area (Å²) in [6, 6.07) is 0. The third-order valence-electron chi connectivity index (χ3n) is 7.24. The molecule has 22 heavy (non-hydrogen) atoms. The van der Waals surface area contributed by atoms with Gasteiger partial charge in [-0.1, -0.05) is 32.1 Å². The maximum atomic E-state index is 12.4. The maximum Gasteiger partial charge on any atom is 0.178 e. The molecule has 0 radical (unpaired) electrons. The molecule has 0 unspecified atom stereocenters. The van der Waals surface area contributed by atoms with Gasteiger partial charge in [-0.15, -0.1) is 0 Å². The van der Waals surface area contributed by atoms with Crippen molar-refractivity contribution < 1.29 is 9.59 Å². The van der Waals surface area contributed by atoms with Crippen LogP contribution in [0.4, 0.5) is 0 Å². The Bertz CT molecular complexity index is 653. The molecular formula is C20H24O2. The molecule has 0 N–H and O–H groups in total. The van der Waals surface area contributed by atoms with E-state index in [0.29, 0.717) is 23.5 Å². The average molecular weight is 299 g/mol. The lowest BCUT2D eigenvalue weighted by Crippen LogP contribution is -2.50. The van der Waals surface area contributed by atoms with Crippen molar-refractivity contribution in [3.63, 3.8) is 0 Å². The van der Waals surface area contributed by atoms with Crippen LogP contribution >= 0.6 is 0 Å². The molecule has 3 saturated carbocycles. The van der Waals surface area contributed by atoms with Crippen LogP contribution in [0.25, 0.3) is 0 Å². The lowest BCUT2D eigenvalue weighted by molar-refractivity contribution is -0.131. The van der Waals surface area contributed by atoms with Crippen LogP contribution in [0.1, 0.15) is 46.0 Å². The van der Waals surface area contributed by atoms with Gasteiger partial charge in [0, 0.05) is 17.3 Å². The quantitative estimate of drug-likeness (QED) is 0.633. The number of carbonyl (C=O) groups excluding carboxylic acids is 2. The van der Waals surface area contributed by atoms with Gasteiger partial charge in [0.2, 0.25) is 0 Å². The highest BCUT2D eigenvalue weighted by Crippen LogP contribution is 2.64. The highest BCUT2D eigenvalue weighted by Gasteiger charge is 2.59. The van der Waals surface area contributed by atoms with Crippen LogP contribution in [0, 0.1) is 28.6 Å². The number of hydrogen-bond donors (Lipinski definition) is 0. The first-order valence-electron chi connectivity index (χ1n) is 8.53. The van der Waals surface area contributed by atoms with Crippen molar-refractivity contribution in [2.24, 2.45) is 28.6 Å². The van der Waals surface area contributed by atoms with E-state index in [-0.39, 0.29) is 16.6 Å². The second-order valence-corrected chi connectivity index (χ2v) is 8.18. The summed E-state index contributed by atoms with van der Waals surface area (Å²) >= 11 is 0. The molecule has 3 fully saturated rings. The summed E-state index contributed by atoms with van der Waals surface area (Å²) in [6.45, 7) is 8.75. The first kappa shape index (κ1) is 14.2. The van der Waals surface area contributed by atoms with Gasteiger partial charge in [0.15, 0.2) is 5.78 Å². The monoisotopic (exact) mass is 299 g/mol. The minimum Gasteiger partial charge on any atom is -0.299 e. The van der Waals surface area contributed by atoms with Crippen LogP contribution in [0.5, 0.6) is 0 Å². The minimum atomic E-state index is -0.104. The summed E-state index contributed by atoms with van der Waals surface area (Å²) in [4.78, 5) is 24.2. The Hall–Kier alpha value is -1.44. The molecule has 4 rings (SSSR count). The van der Waals surface area contributed by atoms with Crippen molar-refractivity contribution in [3.05, 3.63) is 36.0 Å². The van der Waals surface area contributed by atoms with E-state index in [2.05, 4.69) is 26.5 Å². The van der Waals surface area contributed by atoms with Gasteiger partial charge >= 0.3 is 0 Å². The molecule has 0 aromatic carbocycles. The summed E-state index contributed by atoms with van der Waals surface area (Å²) in [6.07, 6.45) is 10.5. The lowest BCUT2D eigenvalue weighted by atomic mass is 9.49. The van der Waals surface area contributed by atoms with Gasteiger partial charge in [-0.05, 0) is 61.2 Å². The molecular weight excluding hydrogens is 275 g/mol. The first-order valence-corrected chi connectivity index (χ1v) is 8.53. The molecule has 0 heterocycles. The van der Waals surface area contributed by atoms with E-state index >= 15 is 0 Å². The van der Waals surface area contributed by atoms with E-state index in [9.17, 15) is 9.59 Å². The third-order valence-corrected chi connectivity index (χ3v) is 7.24. The molecule has 0 bridgehead atoms. The van der Waals surface area contributed by atoms with Gasteiger partial charge in [0.05, 0.1) is 0 Å². The third kappa shape index (κ3) is 1.61. The van der Waals surface area contributed by atoms with E-state index in [1.54, 1.807) is 12.2 Å². The summed E-state index contributed by atoms with van der Waals surface area (Å²) < 4.78 is 0. The Balaban J connectivity index is 1.78. The van der Waals surface area contributed by atoms with E-state index in [4.69, 9.17) is 0 Å². The van der Waals surface area contributed by atoms with Gasteiger partial charge in [-0.3, -0.25) is 9.59 Å². The van der Waals surface area contributed by atoms with E-state index in [1.165, 1.54) is 0 Å². The maximum absolute atomic E-state index is 12.4. The molecule has 0 saturated heterocycles. The predicted octanol–water partition coefficient (Wildman–Crippen LogP) is 4.03. The van der Waals surface area contributed by atoms with Crippen LogP contribution in [0.2, 0.25) is 0 Å². The Morgan fingerprint density at radius 2 is 1.95 bits per heavy atom. The number of allylic oxidation sites excluding steroid dienone is 5. The molecule has 4 aliphatic carbocycles. The summed E-state index contributed by atoms with van der Waals surface area (Å²) in [5.74, 6) is 2.14. The summed E-state index contributed by atoms with van der Waals surface area (Å²) in [5, 5.41) is 0. The van der Waals surface area contributed by atoms with Crippen molar-refractivity contribution in [3.8, 4) is 0 Å². The second-order valence-electron chi connectivity index (χ2n) is 8.18. The highest BCUT2D eigenvalue weighted by molar-refractivity contribution is 6.02. The van der Waals surface area contributed by atoms with Crippen LogP contribution in [0.3, 0.4) is 0 Å². The standard InChI is InChI=1S/C20H24O2/c1-12-10-14-15-4-5-18(22)20(15,3)9-7-16(14)19(2)8-6-13(21)11-17(12)19/h6,8,11,14-16H,1,4-5,7,9-10H2,2-3H3/t14-,15-,16-,19+,20-/m0/s1/i1+1,11+1,13+1. The molecule has 2 heteroatoms. The topological polar surface area (TPSA) is 34.1 Å². The molecule has 5 atom stereocenters. The Morgan fingerprint density at radius 3 is 2.73 bits per heavy atom. The van der Waals surface area contributed by atoms with Crippen molar-refractivity contribution in [2.45, 2.75) is 46.0 Å². The molecule has 0 spiro atoms. The predicted molar refractivity (Wildman–Crippen MR) is 86.1 cm³/mol. The molecule has 0 aliphatic heterocycles. The smallest absolute Gasteiger partial charge is 0.178 e. The molecule has 0 amide bonds. The fourth-order valence-electron chi connectivity index (χ4n) is 5.98. The number of Topliss-reactive ketones (excluding diaryl/α,β-unsaturated/α-hetero) is 1. The van der Waals surface area contributed by atoms with Crippen LogP contribution in [-0.4, -0.2) is 11.6 Å². The number of hydrogen-bond acceptors (Lipinski definition) is 2. The Kier molecular flexibility index (Phi) is 2.77. The minimum absolute atomic E-state index is 0.0686. The average Bonchev–Trinajstić information content (AvgIpc) is 2.77. The van der Waals surface area contributed by atoms with E-state index in [1.807, 2.05) is 0 Å². The number of ketones is 2. The van der Waals surface area contributed by atoms with Crippen molar-refractivity contribution in [2.75, 3.05) is 0 Å². The molecule has 4 aliphatic rings. The zero-order chi connectivity index (χ0) is 15.7. The number of fused-ring (bicyclic) bond motifs is 5. The van der Waals surface area contributed by atoms with Crippen molar-refractivity contribution in [1.29, 1.82) is 0 Å². The van der Waals surface area contributed by atoms with Crippen LogP contribution in [0.15, 0.2) is 36.0 Å². The van der Waals surface area contributed by atoms with E-state index in [0.717, 1.165) is 43.3 Å². The molecule has 116 valence electrons. The van der Waals surface area contributed by atoms with Crippen LogP contribution in [-0.2, 0) is 9.59 Å². The SMILES string of the molecule is C[C@]12C=C[13C](=O)[13CH]=C1C(=[13CH2])C[C@@H]1[C@@H]2CC[C@]2(C)C(=O)CC[C@@H]12. The Labute approximate surface area is 132 Å². The van der Waals surface area contributed by atoms with Gasteiger partial charge in [0.25, 0.3) is 0 Å². The second kappa shape index (κ2) is 4.31. The summed E-state index contributed by atoms with van der Waals surface area (Å²) in [5.41, 5.74) is 2.09. The zero-order valence-electron chi connectivity index (χ0n) is 13.5. The van der Waals surface area contributed by atoms with Gasteiger partial charge < -0.3 is 0 Å². The molecule has 0 aromatic rings.